The molecule has 1 heterocycles. The Balaban J connectivity index is 1.40. The summed E-state index contributed by atoms with van der Waals surface area (Å²) >= 11 is 0. The van der Waals surface area contributed by atoms with Crippen molar-refractivity contribution < 1.29 is 9.21 Å². The molecule has 0 radical (unpaired) electrons. The van der Waals surface area contributed by atoms with Crippen molar-refractivity contribution in [2.24, 2.45) is 17.8 Å². The Morgan fingerprint density at radius 3 is 2.27 bits per heavy atom. The van der Waals surface area contributed by atoms with Gasteiger partial charge in [-0.1, -0.05) is 96.4 Å². The standard InChI is InChI=1S/C41H55NO2/c1-6-10-26-42(25-8-3)38-21-15-32(16-22-38)14-12-31(5)13-23-39-33(9-4)29-41(43)40(28-36(39)11-7-2)35-19-17-34(18-20-35)37-24-27-44-30-37/h11,15-22,24,27-28,30-31,33,39H,6-10,12-14,23,25-26,29H2,1-5H3/b36-11-. The van der Waals surface area contributed by atoms with Crippen LogP contribution in [0.4, 0.5) is 5.69 Å². The van der Waals surface area contributed by atoms with E-state index in [4.69, 9.17) is 4.42 Å². The van der Waals surface area contributed by atoms with Crippen molar-refractivity contribution in [2.75, 3.05) is 18.0 Å². The van der Waals surface area contributed by atoms with E-state index in [1.54, 1.807) is 12.5 Å². The second-order valence-corrected chi connectivity index (χ2v) is 12.9. The summed E-state index contributed by atoms with van der Waals surface area (Å²) in [5, 5.41) is 0. The molecule has 0 aliphatic heterocycles. The second kappa shape index (κ2) is 17.2. The van der Waals surface area contributed by atoms with Crippen LogP contribution in [-0.2, 0) is 11.2 Å². The molecule has 0 fully saturated rings. The summed E-state index contributed by atoms with van der Waals surface area (Å²) < 4.78 is 5.26. The summed E-state index contributed by atoms with van der Waals surface area (Å²) in [4.78, 5) is 16.2. The maximum Gasteiger partial charge on any atom is 0.163 e. The molecule has 44 heavy (non-hydrogen) atoms. The molecular weight excluding hydrogens is 538 g/mol. The third kappa shape index (κ3) is 9.10. The molecule has 0 saturated heterocycles. The smallest absolute Gasteiger partial charge is 0.163 e. The highest BCUT2D eigenvalue weighted by Crippen LogP contribution is 2.39. The van der Waals surface area contributed by atoms with Crippen molar-refractivity contribution in [3.8, 4) is 11.1 Å². The van der Waals surface area contributed by atoms with Gasteiger partial charge in [0.25, 0.3) is 0 Å². The number of furan rings is 1. The Bertz CT molecular complexity index is 1330. The molecule has 4 rings (SSSR count). The summed E-state index contributed by atoms with van der Waals surface area (Å²) in [5.74, 6) is 1.74. The van der Waals surface area contributed by atoms with E-state index < -0.39 is 0 Å². The van der Waals surface area contributed by atoms with E-state index in [1.165, 1.54) is 48.9 Å². The fourth-order valence-corrected chi connectivity index (χ4v) is 6.79. The summed E-state index contributed by atoms with van der Waals surface area (Å²) in [6.07, 6.45) is 19.0. The normalized spacial score (nSPS) is 18.7. The molecule has 0 spiro atoms. The SMILES string of the molecule is CC/C=C1/C=C(c2ccc(-c3ccoc3)cc2)C(=O)CC(CC)C1CCC(C)CCc1ccc(N(CCC)CCCC)cc1. The zero-order valence-electron chi connectivity index (χ0n) is 28.0. The number of carbonyl (C=O) groups excluding carboxylic acids is 1. The Labute approximate surface area is 267 Å². The average Bonchev–Trinajstić information content (AvgIpc) is 3.55. The number of ketones is 1. The van der Waals surface area contributed by atoms with E-state index in [9.17, 15) is 4.79 Å². The van der Waals surface area contributed by atoms with Gasteiger partial charge in [0.1, 0.15) is 0 Å². The molecule has 1 aromatic heterocycles. The van der Waals surface area contributed by atoms with Crippen LogP contribution in [0.1, 0.15) is 104 Å². The fraction of sp³-hybridized carbons (Fsp3) is 0.488. The average molecular weight is 594 g/mol. The quantitative estimate of drug-likeness (QED) is 0.166. The number of allylic oxidation sites excluding steroid dienone is 4. The van der Waals surface area contributed by atoms with Crippen molar-refractivity contribution in [1.82, 2.24) is 0 Å². The van der Waals surface area contributed by atoms with E-state index in [1.807, 2.05) is 6.07 Å². The predicted molar refractivity (Wildman–Crippen MR) is 188 cm³/mol. The van der Waals surface area contributed by atoms with Gasteiger partial charge in [-0.05, 0) is 103 Å². The van der Waals surface area contributed by atoms with Gasteiger partial charge < -0.3 is 9.32 Å². The minimum atomic E-state index is 0.279. The molecule has 1 aliphatic carbocycles. The number of Topliss-reactive ketones (excluding diaryl/α,β-unsaturated/α-hetero) is 1. The van der Waals surface area contributed by atoms with Gasteiger partial charge in [0.15, 0.2) is 5.78 Å². The van der Waals surface area contributed by atoms with Crippen LogP contribution in [0.3, 0.4) is 0 Å². The summed E-state index contributed by atoms with van der Waals surface area (Å²) in [7, 11) is 0. The maximum absolute atomic E-state index is 13.6. The molecule has 2 aromatic carbocycles. The van der Waals surface area contributed by atoms with E-state index in [-0.39, 0.29) is 5.78 Å². The highest BCUT2D eigenvalue weighted by atomic mass is 16.3. The summed E-state index contributed by atoms with van der Waals surface area (Å²) in [6.45, 7) is 13.7. The van der Waals surface area contributed by atoms with Crippen molar-refractivity contribution in [3.63, 3.8) is 0 Å². The number of hydrogen-bond donors (Lipinski definition) is 0. The largest absolute Gasteiger partial charge is 0.472 e. The van der Waals surface area contributed by atoms with Crippen molar-refractivity contribution >= 4 is 17.0 Å². The molecule has 0 saturated carbocycles. The molecule has 3 heteroatoms. The first-order valence-corrected chi connectivity index (χ1v) is 17.4. The fourth-order valence-electron chi connectivity index (χ4n) is 6.79. The first kappa shape index (κ1) is 33.6. The lowest BCUT2D eigenvalue weighted by atomic mass is 9.78. The number of unbranched alkanes of at least 4 members (excludes halogenated alkanes) is 1. The van der Waals surface area contributed by atoms with Crippen LogP contribution in [0.2, 0.25) is 0 Å². The molecule has 3 atom stereocenters. The van der Waals surface area contributed by atoms with Crippen molar-refractivity contribution in [1.29, 1.82) is 0 Å². The van der Waals surface area contributed by atoms with Gasteiger partial charge in [-0.3, -0.25) is 4.79 Å². The number of nitrogens with zero attached hydrogens (tertiary/aromatic N) is 1. The van der Waals surface area contributed by atoms with Gasteiger partial charge >= 0.3 is 0 Å². The van der Waals surface area contributed by atoms with E-state index >= 15 is 0 Å². The highest BCUT2D eigenvalue weighted by Gasteiger charge is 2.30. The number of aryl methyl sites for hydroxylation is 1. The molecule has 0 amide bonds. The van der Waals surface area contributed by atoms with Crippen molar-refractivity contribution in [3.05, 3.63) is 96.0 Å². The Morgan fingerprint density at radius 1 is 0.886 bits per heavy atom. The predicted octanol–water partition coefficient (Wildman–Crippen LogP) is 11.3. The van der Waals surface area contributed by atoms with Crippen LogP contribution in [0.15, 0.2) is 89.3 Å². The summed E-state index contributed by atoms with van der Waals surface area (Å²) in [6, 6.07) is 19.7. The lowest BCUT2D eigenvalue weighted by molar-refractivity contribution is -0.114. The maximum atomic E-state index is 13.6. The number of anilines is 1. The molecule has 0 N–H and O–H groups in total. The van der Waals surface area contributed by atoms with Gasteiger partial charge in [-0.15, -0.1) is 0 Å². The zero-order chi connectivity index (χ0) is 31.3. The van der Waals surface area contributed by atoms with E-state index in [0.29, 0.717) is 24.2 Å². The molecule has 1 aliphatic rings. The summed E-state index contributed by atoms with van der Waals surface area (Å²) in [5.41, 5.74) is 8.21. The Hall–Kier alpha value is -3.33. The molecular formula is C41H55NO2. The second-order valence-electron chi connectivity index (χ2n) is 12.9. The first-order valence-electron chi connectivity index (χ1n) is 17.4. The number of hydrogen-bond acceptors (Lipinski definition) is 3. The van der Waals surface area contributed by atoms with Crippen LogP contribution in [0, 0.1) is 17.8 Å². The van der Waals surface area contributed by atoms with Crippen LogP contribution >= 0.6 is 0 Å². The third-order valence-corrected chi connectivity index (χ3v) is 9.54. The molecule has 3 aromatic rings. The van der Waals surface area contributed by atoms with Crippen LogP contribution in [0.5, 0.6) is 0 Å². The van der Waals surface area contributed by atoms with Gasteiger partial charge in [-0.25, -0.2) is 0 Å². The molecule has 3 nitrogen and oxygen atoms in total. The topological polar surface area (TPSA) is 33.5 Å². The third-order valence-electron chi connectivity index (χ3n) is 9.54. The van der Waals surface area contributed by atoms with Gasteiger partial charge in [0.2, 0.25) is 0 Å². The molecule has 0 bridgehead atoms. The lowest BCUT2D eigenvalue weighted by Crippen LogP contribution is -2.25. The Morgan fingerprint density at radius 2 is 1.64 bits per heavy atom. The van der Waals surface area contributed by atoms with Crippen LogP contribution in [-0.4, -0.2) is 18.9 Å². The van der Waals surface area contributed by atoms with E-state index in [0.717, 1.165) is 61.0 Å². The van der Waals surface area contributed by atoms with Gasteiger partial charge in [0, 0.05) is 36.3 Å². The van der Waals surface area contributed by atoms with E-state index in [2.05, 4.69) is 100 Å². The lowest BCUT2D eigenvalue weighted by Gasteiger charge is -2.27. The number of rotatable bonds is 16. The Kier molecular flexibility index (Phi) is 13.1. The number of benzene rings is 2. The highest BCUT2D eigenvalue weighted by molar-refractivity contribution is 6.21. The minimum absolute atomic E-state index is 0.279. The van der Waals surface area contributed by atoms with Crippen LogP contribution < -0.4 is 4.90 Å². The molecule has 236 valence electrons. The monoisotopic (exact) mass is 593 g/mol. The van der Waals surface area contributed by atoms with Gasteiger partial charge in [-0.2, -0.15) is 0 Å². The van der Waals surface area contributed by atoms with Crippen molar-refractivity contribution in [2.45, 2.75) is 98.8 Å². The number of carbonyl (C=O) groups is 1. The molecule has 3 unspecified atom stereocenters. The first-order chi connectivity index (χ1) is 21.5. The minimum Gasteiger partial charge on any atom is -0.472 e. The zero-order valence-corrected chi connectivity index (χ0v) is 28.0. The van der Waals surface area contributed by atoms with Gasteiger partial charge in [0.05, 0.1) is 12.5 Å². The van der Waals surface area contributed by atoms with Crippen LogP contribution in [0.25, 0.3) is 16.7 Å².